The Bertz CT molecular complexity index is 403. The zero-order chi connectivity index (χ0) is 16.3. The molecular weight excluding hydrogens is 258 g/mol. The third kappa shape index (κ3) is 8.41. The Kier molecular flexibility index (Phi) is 10.4. The average Bonchev–Trinajstić information content (AvgIpc) is 2.43. The van der Waals surface area contributed by atoms with E-state index in [1.807, 2.05) is 37.3 Å². The molecule has 21 heavy (non-hydrogen) atoms. The van der Waals surface area contributed by atoms with E-state index in [0.717, 1.165) is 18.8 Å². The molecule has 0 atom stereocenters. The van der Waals surface area contributed by atoms with E-state index < -0.39 is 0 Å². The van der Waals surface area contributed by atoms with Crippen LogP contribution in [-0.2, 0) is 0 Å². The molecule has 3 N–H and O–H groups in total. The van der Waals surface area contributed by atoms with Gasteiger partial charge in [0, 0.05) is 18.9 Å². The van der Waals surface area contributed by atoms with Crippen molar-refractivity contribution >= 4 is 0 Å². The number of nitrogens with zero attached hydrogens (tertiary/aromatic N) is 1. The maximum absolute atomic E-state index is 6.07. The third-order valence-electron chi connectivity index (χ3n) is 3.53. The third-order valence-corrected chi connectivity index (χ3v) is 3.53. The lowest BCUT2D eigenvalue weighted by atomic mass is 9.97. The highest BCUT2D eigenvalue weighted by Crippen LogP contribution is 2.20. The van der Waals surface area contributed by atoms with E-state index in [0.29, 0.717) is 0 Å². The average molecular weight is 291 g/mol. The van der Waals surface area contributed by atoms with Crippen molar-refractivity contribution in [2.45, 2.75) is 46.5 Å². The Balaban J connectivity index is 4.95. The second-order valence-electron chi connectivity index (χ2n) is 5.54. The molecule has 0 aromatic carbocycles. The molecule has 0 aliphatic rings. The van der Waals surface area contributed by atoms with Crippen LogP contribution in [0.25, 0.3) is 0 Å². The predicted molar refractivity (Wildman–Crippen MR) is 94.8 cm³/mol. The van der Waals surface area contributed by atoms with Gasteiger partial charge in [-0.05, 0) is 56.5 Å². The van der Waals surface area contributed by atoms with Crippen molar-refractivity contribution in [3.05, 3.63) is 47.3 Å². The molecule has 3 heteroatoms. The first kappa shape index (κ1) is 19.5. The molecule has 0 bridgehead atoms. The van der Waals surface area contributed by atoms with Gasteiger partial charge in [-0.1, -0.05) is 32.4 Å². The summed E-state index contributed by atoms with van der Waals surface area (Å²) < 4.78 is 0. The molecule has 3 nitrogen and oxygen atoms in total. The maximum Gasteiger partial charge on any atom is 0.0671 e. The molecule has 0 saturated carbocycles. The molecule has 0 fully saturated rings. The summed E-state index contributed by atoms with van der Waals surface area (Å²) in [6.07, 6.45) is 10.8. The Morgan fingerprint density at radius 2 is 1.95 bits per heavy atom. The summed E-state index contributed by atoms with van der Waals surface area (Å²) in [7, 11) is 3.91. The lowest BCUT2D eigenvalue weighted by molar-refractivity contribution is 0.425. The summed E-state index contributed by atoms with van der Waals surface area (Å²) in [6.45, 7) is 11.2. The number of allylic oxidation sites excluding steroid dienone is 5. The normalized spacial score (nSPS) is 14.0. The van der Waals surface area contributed by atoms with Crippen molar-refractivity contribution in [1.29, 1.82) is 0 Å². The highest BCUT2D eigenvalue weighted by molar-refractivity contribution is 5.40. The summed E-state index contributed by atoms with van der Waals surface area (Å²) in [4.78, 5) is 2.02. The van der Waals surface area contributed by atoms with Crippen molar-refractivity contribution in [2.75, 3.05) is 20.8 Å². The standard InChI is InChI=1S/C18H33N3/c1-7-9-10-11-17(8-2)16(4)15(3)12-18(19)13-21(6)14-20-5/h8,12-13,20H,2,7,9-11,14,19H2,1,3-6H3/b15-12+,17-16+,18-13+. The van der Waals surface area contributed by atoms with Gasteiger partial charge in [-0.15, -0.1) is 0 Å². The Morgan fingerprint density at radius 3 is 2.48 bits per heavy atom. The van der Waals surface area contributed by atoms with E-state index in [-0.39, 0.29) is 0 Å². The van der Waals surface area contributed by atoms with Gasteiger partial charge in [0.25, 0.3) is 0 Å². The number of hydrogen-bond donors (Lipinski definition) is 2. The quantitative estimate of drug-likeness (QED) is 0.364. The fraction of sp³-hybridized carbons (Fsp3) is 0.556. The lowest BCUT2D eigenvalue weighted by Gasteiger charge is -2.14. The van der Waals surface area contributed by atoms with Crippen LogP contribution < -0.4 is 11.1 Å². The Labute approximate surface area is 131 Å². The van der Waals surface area contributed by atoms with E-state index >= 15 is 0 Å². The molecule has 0 spiro atoms. The van der Waals surface area contributed by atoms with Crippen molar-refractivity contribution in [2.24, 2.45) is 5.73 Å². The fourth-order valence-corrected chi connectivity index (χ4v) is 2.21. The first-order valence-electron chi connectivity index (χ1n) is 7.79. The van der Waals surface area contributed by atoms with Crippen molar-refractivity contribution in [3.8, 4) is 0 Å². The van der Waals surface area contributed by atoms with Crippen molar-refractivity contribution in [3.63, 3.8) is 0 Å². The minimum atomic E-state index is 0.765. The first-order chi connectivity index (χ1) is 9.96. The van der Waals surface area contributed by atoms with Crippen LogP contribution in [0.1, 0.15) is 46.5 Å². The molecule has 0 aromatic heterocycles. The van der Waals surface area contributed by atoms with Crippen LogP contribution in [0.2, 0.25) is 0 Å². The minimum Gasteiger partial charge on any atom is -0.398 e. The van der Waals surface area contributed by atoms with Gasteiger partial charge in [-0.2, -0.15) is 0 Å². The summed E-state index contributed by atoms with van der Waals surface area (Å²) in [6, 6.07) is 0. The predicted octanol–water partition coefficient (Wildman–Crippen LogP) is 3.92. The van der Waals surface area contributed by atoms with Gasteiger partial charge in [-0.25, -0.2) is 0 Å². The second kappa shape index (κ2) is 11.2. The molecule has 0 heterocycles. The van der Waals surface area contributed by atoms with Crippen LogP contribution in [0.5, 0.6) is 0 Å². The molecule has 0 saturated heterocycles. The van der Waals surface area contributed by atoms with Crippen LogP contribution in [0.4, 0.5) is 0 Å². The zero-order valence-electron chi connectivity index (χ0n) is 14.5. The van der Waals surface area contributed by atoms with Crippen LogP contribution in [-0.4, -0.2) is 25.7 Å². The molecule has 0 aromatic rings. The van der Waals surface area contributed by atoms with Crippen LogP contribution >= 0.6 is 0 Å². The van der Waals surface area contributed by atoms with Crippen LogP contribution in [0, 0.1) is 0 Å². The molecule has 120 valence electrons. The van der Waals surface area contributed by atoms with E-state index in [9.17, 15) is 0 Å². The summed E-state index contributed by atoms with van der Waals surface area (Å²) >= 11 is 0. The second-order valence-corrected chi connectivity index (χ2v) is 5.54. The van der Waals surface area contributed by atoms with Gasteiger partial charge in [-0.3, -0.25) is 0 Å². The summed E-state index contributed by atoms with van der Waals surface area (Å²) in [5.74, 6) is 0. The molecule has 0 rings (SSSR count). The summed E-state index contributed by atoms with van der Waals surface area (Å²) in [5, 5.41) is 3.09. The molecule has 0 unspecified atom stereocenters. The number of nitrogens with two attached hydrogens (primary N) is 1. The number of hydrogen-bond acceptors (Lipinski definition) is 3. The van der Waals surface area contributed by atoms with Gasteiger partial charge in [0.1, 0.15) is 0 Å². The summed E-state index contributed by atoms with van der Waals surface area (Å²) in [5.41, 5.74) is 10.7. The number of unbranched alkanes of at least 4 members (excludes halogenated alkanes) is 2. The van der Waals surface area contributed by atoms with Gasteiger partial charge in [0.05, 0.1) is 6.67 Å². The number of rotatable bonds is 10. The smallest absolute Gasteiger partial charge is 0.0671 e. The first-order valence-corrected chi connectivity index (χ1v) is 7.79. The van der Waals surface area contributed by atoms with Gasteiger partial charge in [0.15, 0.2) is 0 Å². The Morgan fingerprint density at radius 1 is 1.29 bits per heavy atom. The molecule has 0 amide bonds. The van der Waals surface area contributed by atoms with Crippen molar-refractivity contribution in [1.82, 2.24) is 10.2 Å². The van der Waals surface area contributed by atoms with E-state index in [1.165, 1.54) is 36.0 Å². The molecule has 0 aliphatic heterocycles. The highest BCUT2D eigenvalue weighted by atomic mass is 15.2. The van der Waals surface area contributed by atoms with Crippen LogP contribution in [0.3, 0.4) is 0 Å². The molecular formula is C18H33N3. The monoisotopic (exact) mass is 291 g/mol. The van der Waals surface area contributed by atoms with Gasteiger partial charge in [0.2, 0.25) is 0 Å². The van der Waals surface area contributed by atoms with E-state index in [4.69, 9.17) is 5.73 Å². The Hall–Kier alpha value is -1.48. The van der Waals surface area contributed by atoms with E-state index in [1.54, 1.807) is 0 Å². The van der Waals surface area contributed by atoms with Gasteiger partial charge < -0.3 is 16.0 Å². The topological polar surface area (TPSA) is 41.3 Å². The van der Waals surface area contributed by atoms with Crippen LogP contribution in [0.15, 0.2) is 47.3 Å². The van der Waals surface area contributed by atoms with Gasteiger partial charge >= 0.3 is 0 Å². The molecule has 0 radical (unpaired) electrons. The maximum atomic E-state index is 6.07. The lowest BCUT2D eigenvalue weighted by Crippen LogP contribution is -2.24. The molecule has 0 aliphatic carbocycles. The minimum absolute atomic E-state index is 0.765. The fourth-order valence-electron chi connectivity index (χ4n) is 2.21. The van der Waals surface area contributed by atoms with Crippen molar-refractivity contribution < 1.29 is 0 Å². The largest absolute Gasteiger partial charge is 0.398 e. The SMILES string of the molecule is C=C\C(CCCCC)=C(C)/C(C)=C/C(N)=C\N(C)CNC. The van der Waals surface area contributed by atoms with E-state index in [2.05, 4.69) is 32.7 Å². The highest BCUT2D eigenvalue weighted by Gasteiger charge is 2.02. The number of nitrogens with one attached hydrogen (secondary N) is 1. The zero-order valence-corrected chi connectivity index (χ0v) is 14.5.